The first-order valence-electron chi connectivity index (χ1n) is 7.85. The molecular weight excluding hydrogens is 308 g/mol. The van der Waals surface area contributed by atoms with Gasteiger partial charge in [0.15, 0.2) is 0 Å². The fourth-order valence-corrected chi connectivity index (χ4v) is 3.06. The molecule has 0 amide bonds. The summed E-state index contributed by atoms with van der Waals surface area (Å²) in [4.78, 5) is 17.2. The highest BCUT2D eigenvalue weighted by Gasteiger charge is 2.25. The van der Waals surface area contributed by atoms with E-state index in [1.165, 1.54) is 6.07 Å². The van der Waals surface area contributed by atoms with Crippen molar-refractivity contribution in [3.63, 3.8) is 0 Å². The fraction of sp³-hybridized carbons (Fsp3) is 0.353. The Bertz CT molecular complexity index is 708. The minimum Gasteiger partial charge on any atom is -0.496 e. The van der Waals surface area contributed by atoms with Crippen LogP contribution in [0.5, 0.6) is 5.75 Å². The molecule has 1 aliphatic rings. The number of ether oxygens (including phenoxy) is 1. The Morgan fingerprint density at radius 1 is 1.46 bits per heavy atom. The minimum atomic E-state index is -0.376. The molecular formula is C17H20N4O3. The lowest BCUT2D eigenvalue weighted by molar-refractivity contribution is -0.385. The van der Waals surface area contributed by atoms with Gasteiger partial charge < -0.3 is 10.1 Å². The smallest absolute Gasteiger partial charge is 0.270 e. The summed E-state index contributed by atoms with van der Waals surface area (Å²) in [5.74, 6) is 0.670. The summed E-state index contributed by atoms with van der Waals surface area (Å²) in [5, 5.41) is 14.5. The molecule has 1 saturated heterocycles. The van der Waals surface area contributed by atoms with Crippen LogP contribution in [0.15, 0.2) is 42.7 Å². The van der Waals surface area contributed by atoms with E-state index in [1.54, 1.807) is 25.4 Å². The van der Waals surface area contributed by atoms with Gasteiger partial charge in [-0.25, -0.2) is 0 Å². The molecule has 1 aliphatic heterocycles. The summed E-state index contributed by atoms with van der Waals surface area (Å²) in [6.45, 7) is 3.15. The van der Waals surface area contributed by atoms with Gasteiger partial charge in [-0.1, -0.05) is 6.07 Å². The largest absolute Gasteiger partial charge is 0.496 e. The zero-order valence-electron chi connectivity index (χ0n) is 13.5. The van der Waals surface area contributed by atoms with Crippen LogP contribution in [-0.4, -0.2) is 41.6 Å². The standard InChI is InChI=1S/C17H20N4O3/c1-24-17-5-4-15(21(22)23)9-14(17)12-20-8-7-19-11-16(20)13-3-2-6-18-10-13/h2-6,9-10,16,19H,7-8,11-12H2,1H3. The molecule has 0 saturated carbocycles. The SMILES string of the molecule is COc1ccc([N+](=O)[O-])cc1CN1CCNCC1c1cccnc1. The molecule has 1 aromatic carbocycles. The van der Waals surface area contributed by atoms with Crippen molar-refractivity contribution in [3.8, 4) is 5.75 Å². The van der Waals surface area contributed by atoms with Crippen molar-refractivity contribution in [1.82, 2.24) is 15.2 Å². The molecule has 1 fully saturated rings. The molecule has 0 spiro atoms. The molecule has 0 radical (unpaired) electrons. The van der Waals surface area contributed by atoms with Crippen LogP contribution in [0.4, 0.5) is 5.69 Å². The molecule has 1 aromatic heterocycles. The summed E-state index contributed by atoms with van der Waals surface area (Å²) in [5.41, 5.74) is 2.04. The van der Waals surface area contributed by atoms with Gasteiger partial charge in [-0.15, -0.1) is 0 Å². The van der Waals surface area contributed by atoms with Gasteiger partial charge in [-0.05, 0) is 17.7 Å². The van der Waals surface area contributed by atoms with Crippen molar-refractivity contribution in [2.24, 2.45) is 0 Å². The monoisotopic (exact) mass is 328 g/mol. The third-order valence-electron chi connectivity index (χ3n) is 4.27. The Kier molecular flexibility index (Phi) is 5.02. The lowest BCUT2D eigenvalue weighted by atomic mass is 10.0. The molecule has 0 aliphatic carbocycles. The maximum Gasteiger partial charge on any atom is 0.270 e. The molecule has 2 heterocycles. The Hall–Kier alpha value is -2.51. The van der Waals surface area contributed by atoms with Crippen molar-refractivity contribution < 1.29 is 9.66 Å². The highest BCUT2D eigenvalue weighted by Crippen LogP contribution is 2.29. The van der Waals surface area contributed by atoms with Gasteiger partial charge >= 0.3 is 0 Å². The van der Waals surface area contributed by atoms with Crippen LogP contribution >= 0.6 is 0 Å². The van der Waals surface area contributed by atoms with E-state index in [1.807, 2.05) is 12.3 Å². The van der Waals surface area contributed by atoms with Gasteiger partial charge in [-0.3, -0.25) is 20.0 Å². The van der Waals surface area contributed by atoms with Gasteiger partial charge in [0.25, 0.3) is 5.69 Å². The number of aromatic nitrogens is 1. The number of methoxy groups -OCH3 is 1. The molecule has 3 rings (SSSR count). The quantitative estimate of drug-likeness (QED) is 0.669. The highest BCUT2D eigenvalue weighted by atomic mass is 16.6. The Morgan fingerprint density at radius 2 is 2.33 bits per heavy atom. The number of hydrogen-bond acceptors (Lipinski definition) is 6. The van der Waals surface area contributed by atoms with E-state index >= 15 is 0 Å². The van der Waals surface area contributed by atoms with E-state index < -0.39 is 0 Å². The average Bonchev–Trinajstić information content (AvgIpc) is 2.63. The summed E-state index contributed by atoms with van der Waals surface area (Å²) in [6.07, 6.45) is 3.63. The molecule has 1 N–H and O–H groups in total. The topological polar surface area (TPSA) is 80.5 Å². The van der Waals surface area contributed by atoms with Crippen LogP contribution in [0.3, 0.4) is 0 Å². The number of nitro groups is 1. The second kappa shape index (κ2) is 7.37. The maximum atomic E-state index is 11.1. The average molecular weight is 328 g/mol. The Balaban J connectivity index is 1.87. The number of piperazine rings is 1. The first kappa shape index (κ1) is 16.4. The molecule has 7 nitrogen and oxygen atoms in total. The van der Waals surface area contributed by atoms with Crippen LogP contribution in [0.1, 0.15) is 17.2 Å². The highest BCUT2D eigenvalue weighted by molar-refractivity contribution is 5.44. The molecule has 2 aromatic rings. The van der Waals surface area contributed by atoms with Crippen molar-refractivity contribution in [1.29, 1.82) is 0 Å². The van der Waals surface area contributed by atoms with E-state index in [2.05, 4.69) is 21.3 Å². The van der Waals surface area contributed by atoms with E-state index in [0.29, 0.717) is 12.3 Å². The number of nitrogens with one attached hydrogen (secondary N) is 1. The van der Waals surface area contributed by atoms with E-state index in [4.69, 9.17) is 4.74 Å². The van der Waals surface area contributed by atoms with Gasteiger partial charge in [0.2, 0.25) is 0 Å². The van der Waals surface area contributed by atoms with E-state index in [0.717, 1.165) is 30.8 Å². The number of rotatable bonds is 5. The fourth-order valence-electron chi connectivity index (χ4n) is 3.06. The second-order valence-corrected chi connectivity index (χ2v) is 5.73. The molecule has 24 heavy (non-hydrogen) atoms. The van der Waals surface area contributed by atoms with Gasteiger partial charge in [0, 0.05) is 62.3 Å². The van der Waals surface area contributed by atoms with Crippen molar-refractivity contribution in [2.45, 2.75) is 12.6 Å². The Labute approximate surface area is 140 Å². The van der Waals surface area contributed by atoms with Crippen LogP contribution in [-0.2, 0) is 6.54 Å². The summed E-state index contributed by atoms with van der Waals surface area (Å²) >= 11 is 0. The molecule has 126 valence electrons. The van der Waals surface area contributed by atoms with Crippen molar-refractivity contribution in [2.75, 3.05) is 26.7 Å². The minimum absolute atomic E-state index is 0.0823. The number of nitrogens with zero attached hydrogens (tertiary/aromatic N) is 3. The predicted octanol–water partition coefficient (Wildman–Crippen LogP) is 2.14. The number of non-ortho nitro benzene ring substituents is 1. The summed E-state index contributed by atoms with van der Waals surface area (Å²) in [7, 11) is 1.58. The number of hydrogen-bond donors (Lipinski definition) is 1. The first-order valence-corrected chi connectivity index (χ1v) is 7.85. The second-order valence-electron chi connectivity index (χ2n) is 5.73. The van der Waals surface area contributed by atoms with Crippen LogP contribution in [0, 0.1) is 10.1 Å². The molecule has 0 bridgehead atoms. The number of benzene rings is 1. The first-order chi connectivity index (χ1) is 11.7. The number of pyridine rings is 1. The maximum absolute atomic E-state index is 11.1. The van der Waals surface area contributed by atoms with Gasteiger partial charge in [0.05, 0.1) is 12.0 Å². The third kappa shape index (κ3) is 3.52. The van der Waals surface area contributed by atoms with Crippen molar-refractivity contribution >= 4 is 5.69 Å². The van der Waals surface area contributed by atoms with Gasteiger partial charge in [-0.2, -0.15) is 0 Å². The third-order valence-corrected chi connectivity index (χ3v) is 4.27. The zero-order valence-corrected chi connectivity index (χ0v) is 13.5. The van der Waals surface area contributed by atoms with Crippen molar-refractivity contribution in [3.05, 3.63) is 64.0 Å². The van der Waals surface area contributed by atoms with E-state index in [9.17, 15) is 10.1 Å². The molecule has 1 atom stereocenters. The van der Waals surface area contributed by atoms with Crippen LogP contribution in [0.2, 0.25) is 0 Å². The zero-order chi connectivity index (χ0) is 16.9. The summed E-state index contributed by atoms with van der Waals surface area (Å²) in [6, 6.07) is 8.89. The Morgan fingerprint density at radius 3 is 3.04 bits per heavy atom. The molecule has 1 unspecified atom stereocenters. The van der Waals surface area contributed by atoms with Crippen LogP contribution in [0.25, 0.3) is 0 Å². The van der Waals surface area contributed by atoms with Crippen LogP contribution < -0.4 is 10.1 Å². The number of nitro benzene ring substituents is 1. The summed E-state index contributed by atoms with van der Waals surface area (Å²) < 4.78 is 5.39. The lowest BCUT2D eigenvalue weighted by Crippen LogP contribution is -2.45. The predicted molar refractivity (Wildman–Crippen MR) is 89.9 cm³/mol. The molecule has 7 heteroatoms. The normalized spacial score (nSPS) is 18.3. The lowest BCUT2D eigenvalue weighted by Gasteiger charge is -2.36. The van der Waals surface area contributed by atoms with Gasteiger partial charge in [0.1, 0.15) is 5.75 Å². The van der Waals surface area contributed by atoms with E-state index in [-0.39, 0.29) is 16.7 Å².